The Kier molecular flexibility index (Phi) is 4.90. The predicted octanol–water partition coefficient (Wildman–Crippen LogP) is 2.64. The summed E-state index contributed by atoms with van der Waals surface area (Å²) < 4.78 is 5.35. The van der Waals surface area contributed by atoms with Crippen molar-refractivity contribution < 1.29 is 14.6 Å². The van der Waals surface area contributed by atoms with Gasteiger partial charge in [0.05, 0.1) is 13.2 Å². The number of fused-ring (bicyclic) bond motifs is 1. The average molecular weight is 317 g/mol. The van der Waals surface area contributed by atoms with E-state index in [2.05, 4.69) is 0 Å². The number of aliphatic hydroxyl groups excluding tert-OH is 1. The highest BCUT2D eigenvalue weighted by Gasteiger charge is 2.42. The van der Waals surface area contributed by atoms with Gasteiger partial charge in [-0.3, -0.25) is 4.79 Å². The van der Waals surface area contributed by atoms with E-state index in [9.17, 15) is 9.90 Å². The smallest absolute Gasteiger partial charge is 0.222 e. The van der Waals surface area contributed by atoms with Crippen molar-refractivity contribution in [2.45, 2.75) is 50.7 Å². The standard InChI is InChI=1S/C19H27NO3/c1-20(16-9-14-11-17(21)12-15(14)10-16)19(22)8-7-13-5-3-4-6-18(13)23-2/h3-6,14-17,21H,7-12H2,1-2H3/t14-,15+,16?,17?. The molecule has 4 heteroatoms. The van der Waals surface area contributed by atoms with Crippen molar-refractivity contribution in [3.63, 3.8) is 0 Å². The first-order chi connectivity index (χ1) is 11.1. The van der Waals surface area contributed by atoms with Crippen LogP contribution in [0.25, 0.3) is 0 Å². The van der Waals surface area contributed by atoms with Crippen molar-refractivity contribution in [3.8, 4) is 5.75 Å². The van der Waals surface area contributed by atoms with Gasteiger partial charge in [0.25, 0.3) is 0 Å². The molecule has 0 radical (unpaired) electrons. The van der Waals surface area contributed by atoms with Crippen LogP contribution >= 0.6 is 0 Å². The zero-order chi connectivity index (χ0) is 16.4. The number of hydrogen-bond acceptors (Lipinski definition) is 3. The van der Waals surface area contributed by atoms with Gasteiger partial charge in [-0.25, -0.2) is 0 Å². The summed E-state index contributed by atoms with van der Waals surface area (Å²) in [6, 6.07) is 8.24. The second kappa shape index (κ2) is 6.91. The van der Waals surface area contributed by atoms with Crippen LogP contribution in [0.2, 0.25) is 0 Å². The van der Waals surface area contributed by atoms with E-state index in [4.69, 9.17) is 4.74 Å². The number of carbonyl (C=O) groups is 1. The third-order valence-electron chi connectivity index (χ3n) is 5.71. The van der Waals surface area contributed by atoms with Crippen molar-refractivity contribution in [1.82, 2.24) is 4.90 Å². The van der Waals surface area contributed by atoms with Gasteiger partial charge in [0, 0.05) is 19.5 Å². The van der Waals surface area contributed by atoms with Crippen molar-refractivity contribution >= 4 is 5.91 Å². The molecular weight excluding hydrogens is 290 g/mol. The number of rotatable bonds is 5. The Labute approximate surface area is 138 Å². The Bertz CT molecular complexity index is 545. The number of carbonyl (C=O) groups excluding carboxylic acids is 1. The average Bonchev–Trinajstić information content (AvgIpc) is 3.09. The molecule has 23 heavy (non-hydrogen) atoms. The summed E-state index contributed by atoms with van der Waals surface area (Å²) >= 11 is 0. The number of amides is 1. The SMILES string of the molecule is COc1ccccc1CCC(=O)N(C)C1C[C@H]2CC(O)C[C@H]2C1. The molecule has 0 aliphatic heterocycles. The molecule has 1 aromatic carbocycles. The minimum Gasteiger partial charge on any atom is -0.496 e. The fourth-order valence-electron chi connectivity index (χ4n) is 4.40. The van der Waals surface area contributed by atoms with E-state index >= 15 is 0 Å². The van der Waals surface area contributed by atoms with E-state index in [1.165, 1.54) is 0 Å². The molecule has 2 aliphatic rings. The third-order valence-corrected chi connectivity index (χ3v) is 5.71. The number of ether oxygens (including phenoxy) is 1. The highest BCUT2D eigenvalue weighted by atomic mass is 16.5. The first-order valence-corrected chi connectivity index (χ1v) is 8.64. The molecule has 2 unspecified atom stereocenters. The van der Waals surface area contributed by atoms with E-state index in [1.54, 1.807) is 7.11 Å². The number of aliphatic hydroxyl groups is 1. The molecule has 2 saturated carbocycles. The Morgan fingerprint density at radius 2 is 1.87 bits per heavy atom. The molecule has 1 N–H and O–H groups in total. The molecular formula is C19H27NO3. The summed E-state index contributed by atoms with van der Waals surface area (Å²) in [6.45, 7) is 0. The van der Waals surface area contributed by atoms with Crippen LogP contribution in [0.4, 0.5) is 0 Å². The zero-order valence-corrected chi connectivity index (χ0v) is 14.1. The van der Waals surface area contributed by atoms with Gasteiger partial charge in [0.1, 0.15) is 5.75 Å². The van der Waals surface area contributed by atoms with E-state index in [0.29, 0.717) is 30.7 Å². The molecule has 0 heterocycles. The molecule has 0 aromatic heterocycles. The van der Waals surface area contributed by atoms with Gasteiger partial charge < -0.3 is 14.7 Å². The van der Waals surface area contributed by atoms with Crippen LogP contribution in [-0.2, 0) is 11.2 Å². The lowest BCUT2D eigenvalue weighted by atomic mass is 10.0. The molecule has 4 atom stereocenters. The summed E-state index contributed by atoms with van der Waals surface area (Å²) in [7, 11) is 3.60. The van der Waals surface area contributed by atoms with Gasteiger partial charge in [-0.15, -0.1) is 0 Å². The van der Waals surface area contributed by atoms with Gasteiger partial charge in [-0.1, -0.05) is 18.2 Å². The van der Waals surface area contributed by atoms with Crippen LogP contribution in [0.1, 0.15) is 37.7 Å². The molecule has 0 bridgehead atoms. The van der Waals surface area contributed by atoms with Crippen molar-refractivity contribution in [1.29, 1.82) is 0 Å². The normalized spacial score (nSPS) is 29.3. The molecule has 4 nitrogen and oxygen atoms in total. The maximum atomic E-state index is 12.5. The fraction of sp³-hybridized carbons (Fsp3) is 0.632. The Hall–Kier alpha value is -1.55. The number of benzene rings is 1. The minimum atomic E-state index is -0.113. The second-order valence-corrected chi connectivity index (χ2v) is 7.09. The summed E-state index contributed by atoms with van der Waals surface area (Å²) in [6.07, 6.45) is 5.07. The summed E-state index contributed by atoms with van der Waals surface area (Å²) in [4.78, 5) is 14.5. The lowest BCUT2D eigenvalue weighted by Gasteiger charge is -2.26. The van der Waals surface area contributed by atoms with Crippen molar-refractivity contribution in [2.24, 2.45) is 11.8 Å². The monoisotopic (exact) mass is 317 g/mol. The van der Waals surface area contributed by atoms with Crippen LogP contribution in [0.5, 0.6) is 5.75 Å². The third kappa shape index (κ3) is 3.52. The first kappa shape index (κ1) is 16.3. The first-order valence-electron chi connectivity index (χ1n) is 8.64. The number of para-hydroxylation sites is 1. The quantitative estimate of drug-likeness (QED) is 0.908. The zero-order valence-electron chi connectivity index (χ0n) is 14.1. The number of methoxy groups -OCH3 is 1. The van der Waals surface area contributed by atoms with Crippen LogP contribution in [-0.4, -0.2) is 42.2 Å². The van der Waals surface area contributed by atoms with Crippen molar-refractivity contribution in [3.05, 3.63) is 29.8 Å². The molecule has 2 fully saturated rings. The number of aryl methyl sites for hydroxylation is 1. The fourth-order valence-corrected chi connectivity index (χ4v) is 4.40. The van der Waals surface area contributed by atoms with Gasteiger partial charge in [0.2, 0.25) is 5.91 Å². The largest absolute Gasteiger partial charge is 0.496 e. The molecule has 2 aliphatic carbocycles. The maximum absolute atomic E-state index is 12.5. The molecule has 1 aromatic rings. The molecule has 0 spiro atoms. The maximum Gasteiger partial charge on any atom is 0.222 e. The number of nitrogens with zero attached hydrogens (tertiary/aromatic N) is 1. The van der Waals surface area contributed by atoms with Crippen molar-refractivity contribution in [2.75, 3.05) is 14.2 Å². The topological polar surface area (TPSA) is 49.8 Å². The molecule has 126 valence electrons. The Morgan fingerprint density at radius 3 is 2.52 bits per heavy atom. The Morgan fingerprint density at radius 1 is 1.22 bits per heavy atom. The van der Waals surface area contributed by atoms with Crippen LogP contribution < -0.4 is 4.74 Å². The number of hydrogen-bond donors (Lipinski definition) is 1. The molecule has 1 amide bonds. The second-order valence-electron chi connectivity index (χ2n) is 7.09. The lowest BCUT2D eigenvalue weighted by molar-refractivity contribution is -0.131. The van der Waals surface area contributed by atoms with E-state index < -0.39 is 0 Å². The lowest BCUT2D eigenvalue weighted by Crippen LogP contribution is -2.36. The van der Waals surface area contributed by atoms with E-state index in [0.717, 1.165) is 37.0 Å². The van der Waals surface area contributed by atoms with E-state index in [-0.39, 0.29) is 12.0 Å². The summed E-state index contributed by atoms with van der Waals surface area (Å²) in [5.74, 6) is 2.28. The highest BCUT2D eigenvalue weighted by Crippen LogP contribution is 2.45. The minimum absolute atomic E-state index is 0.113. The van der Waals surface area contributed by atoms with E-state index in [1.807, 2.05) is 36.2 Å². The van der Waals surface area contributed by atoms with Gasteiger partial charge in [0.15, 0.2) is 0 Å². The Balaban J connectivity index is 1.52. The van der Waals surface area contributed by atoms with Crippen LogP contribution in [0.15, 0.2) is 24.3 Å². The highest BCUT2D eigenvalue weighted by molar-refractivity contribution is 5.76. The molecule has 0 saturated heterocycles. The summed E-state index contributed by atoms with van der Waals surface area (Å²) in [5, 5.41) is 9.74. The van der Waals surface area contributed by atoms with Crippen LogP contribution in [0, 0.1) is 11.8 Å². The van der Waals surface area contributed by atoms with Crippen LogP contribution in [0.3, 0.4) is 0 Å². The molecule has 3 rings (SSSR count). The van der Waals surface area contributed by atoms with Gasteiger partial charge in [-0.05, 0) is 55.6 Å². The van der Waals surface area contributed by atoms with Gasteiger partial charge >= 0.3 is 0 Å². The van der Waals surface area contributed by atoms with Gasteiger partial charge in [-0.2, -0.15) is 0 Å². The predicted molar refractivity (Wildman–Crippen MR) is 89.3 cm³/mol. The summed E-state index contributed by atoms with van der Waals surface area (Å²) in [5.41, 5.74) is 1.09.